The zero-order valence-corrected chi connectivity index (χ0v) is 14.9. The van der Waals surface area contributed by atoms with Crippen LogP contribution in [0.3, 0.4) is 0 Å². The lowest BCUT2D eigenvalue weighted by molar-refractivity contribution is 0.532. The van der Waals surface area contributed by atoms with Crippen LogP contribution in [-0.4, -0.2) is 35.9 Å². The van der Waals surface area contributed by atoms with Crippen molar-refractivity contribution in [1.82, 2.24) is 20.4 Å². The summed E-state index contributed by atoms with van der Waals surface area (Å²) in [5.74, 6) is 1.70. The summed E-state index contributed by atoms with van der Waals surface area (Å²) in [5, 5.41) is 11.2. The second kappa shape index (κ2) is 10.2. The van der Waals surface area contributed by atoms with Gasteiger partial charge in [0, 0.05) is 32.4 Å². The van der Waals surface area contributed by atoms with Crippen LogP contribution in [0, 0.1) is 19.8 Å². The maximum Gasteiger partial charge on any atom is 0.190 e. The molecule has 0 aliphatic heterocycles. The fraction of sp³-hybridized carbons (Fsp3) is 0.765. The Kier molecular flexibility index (Phi) is 8.63. The maximum absolute atomic E-state index is 4.47. The van der Waals surface area contributed by atoms with Gasteiger partial charge in [-0.3, -0.25) is 9.67 Å². The first-order chi connectivity index (χ1) is 10.5. The Hall–Kier alpha value is -1.52. The van der Waals surface area contributed by atoms with Crippen molar-refractivity contribution in [2.45, 2.75) is 59.9 Å². The van der Waals surface area contributed by atoms with E-state index in [2.05, 4.69) is 52.2 Å². The molecule has 0 atom stereocenters. The molecule has 0 amide bonds. The molecule has 0 saturated heterocycles. The number of rotatable bonds is 9. The number of guanidine groups is 1. The summed E-state index contributed by atoms with van der Waals surface area (Å²) in [6.07, 6.45) is 4.82. The van der Waals surface area contributed by atoms with Gasteiger partial charge in [-0.1, -0.05) is 26.7 Å². The van der Waals surface area contributed by atoms with Crippen molar-refractivity contribution >= 4 is 5.96 Å². The zero-order valence-electron chi connectivity index (χ0n) is 14.9. The Balaban J connectivity index is 2.12. The Bertz CT molecular complexity index is 448. The average molecular weight is 307 g/mol. The number of aromatic nitrogens is 2. The van der Waals surface area contributed by atoms with Gasteiger partial charge in [0.15, 0.2) is 5.96 Å². The summed E-state index contributed by atoms with van der Waals surface area (Å²) in [6, 6.07) is 2.12. The van der Waals surface area contributed by atoms with Gasteiger partial charge in [0.25, 0.3) is 0 Å². The molecule has 2 N–H and O–H groups in total. The van der Waals surface area contributed by atoms with Crippen molar-refractivity contribution in [3.63, 3.8) is 0 Å². The molecule has 0 bridgehead atoms. The summed E-state index contributed by atoms with van der Waals surface area (Å²) in [7, 11) is 1.82. The molecule has 0 unspecified atom stereocenters. The molecule has 0 aromatic carbocycles. The lowest BCUT2D eigenvalue weighted by Gasteiger charge is -2.12. The summed E-state index contributed by atoms with van der Waals surface area (Å²) < 4.78 is 2.07. The van der Waals surface area contributed by atoms with Crippen LogP contribution in [0.2, 0.25) is 0 Å². The first-order valence-corrected chi connectivity index (χ1v) is 8.48. The van der Waals surface area contributed by atoms with Crippen molar-refractivity contribution in [2.24, 2.45) is 10.9 Å². The fourth-order valence-corrected chi connectivity index (χ4v) is 2.44. The van der Waals surface area contributed by atoms with Crippen LogP contribution in [0.1, 0.15) is 50.9 Å². The highest BCUT2D eigenvalue weighted by Gasteiger charge is 2.01. The Morgan fingerprint density at radius 2 is 1.86 bits per heavy atom. The lowest BCUT2D eigenvalue weighted by Crippen LogP contribution is -2.38. The highest BCUT2D eigenvalue weighted by molar-refractivity contribution is 5.79. The Labute approximate surface area is 135 Å². The number of aryl methyl sites for hydroxylation is 3. The predicted molar refractivity (Wildman–Crippen MR) is 94.4 cm³/mol. The molecular weight excluding hydrogens is 274 g/mol. The Morgan fingerprint density at radius 3 is 2.41 bits per heavy atom. The minimum atomic E-state index is 0.798. The summed E-state index contributed by atoms with van der Waals surface area (Å²) >= 11 is 0. The molecule has 0 radical (unpaired) electrons. The van der Waals surface area contributed by atoms with E-state index in [1.807, 2.05) is 14.0 Å². The standard InChI is InChI=1S/C17H33N5/c1-14(2)9-6-7-10-19-17(18-5)20-11-8-12-22-16(4)13-15(3)21-22/h13-14H,6-12H2,1-5H3,(H2,18,19,20). The molecule has 0 aliphatic carbocycles. The molecule has 5 nitrogen and oxygen atoms in total. The van der Waals surface area contributed by atoms with Gasteiger partial charge >= 0.3 is 0 Å². The number of hydrogen-bond acceptors (Lipinski definition) is 2. The fourth-order valence-electron chi connectivity index (χ4n) is 2.44. The number of nitrogens with zero attached hydrogens (tertiary/aromatic N) is 3. The zero-order chi connectivity index (χ0) is 16.4. The first kappa shape index (κ1) is 18.5. The molecule has 1 aromatic heterocycles. The molecule has 1 heterocycles. The van der Waals surface area contributed by atoms with E-state index in [1.54, 1.807) is 0 Å². The molecule has 5 heteroatoms. The van der Waals surface area contributed by atoms with Crippen molar-refractivity contribution in [1.29, 1.82) is 0 Å². The van der Waals surface area contributed by atoms with Crippen LogP contribution in [0.5, 0.6) is 0 Å². The summed E-state index contributed by atoms with van der Waals surface area (Å²) in [6.45, 7) is 11.5. The molecule has 22 heavy (non-hydrogen) atoms. The maximum atomic E-state index is 4.47. The first-order valence-electron chi connectivity index (χ1n) is 8.48. The molecule has 1 rings (SSSR count). The van der Waals surface area contributed by atoms with Gasteiger partial charge in [0.05, 0.1) is 5.69 Å². The third kappa shape index (κ3) is 7.48. The second-order valence-electron chi connectivity index (χ2n) is 6.32. The van der Waals surface area contributed by atoms with Crippen LogP contribution in [-0.2, 0) is 6.54 Å². The number of aliphatic imine (C=N–C) groups is 1. The minimum Gasteiger partial charge on any atom is -0.356 e. The van der Waals surface area contributed by atoms with E-state index in [4.69, 9.17) is 0 Å². The van der Waals surface area contributed by atoms with E-state index in [1.165, 1.54) is 25.0 Å². The van der Waals surface area contributed by atoms with Gasteiger partial charge in [0.2, 0.25) is 0 Å². The van der Waals surface area contributed by atoms with E-state index < -0.39 is 0 Å². The van der Waals surface area contributed by atoms with Crippen LogP contribution in [0.25, 0.3) is 0 Å². The smallest absolute Gasteiger partial charge is 0.190 e. The molecule has 1 aromatic rings. The van der Waals surface area contributed by atoms with Crippen LogP contribution >= 0.6 is 0 Å². The van der Waals surface area contributed by atoms with Gasteiger partial charge in [-0.25, -0.2) is 0 Å². The van der Waals surface area contributed by atoms with E-state index in [9.17, 15) is 0 Å². The lowest BCUT2D eigenvalue weighted by atomic mass is 10.1. The van der Waals surface area contributed by atoms with Crippen molar-refractivity contribution in [3.05, 3.63) is 17.5 Å². The van der Waals surface area contributed by atoms with Gasteiger partial charge in [-0.05, 0) is 38.7 Å². The highest BCUT2D eigenvalue weighted by Crippen LogP contribution is 2.05. The van der Waals surface area contributed by atoms with E-state index in [0.29, 0.717) is 0 Å². The van der Waals surface area contributed by atoms with Gasteiger partial charge in [-0.2, -0.15) is 5.10 Å². The molecular formula is C17H33N5. The minimum absolute atomic E-state index is 0.798. The van der Waals surface area contributed by atoms with Crippen LogP contribution in [0.4, 0.5) is 0 Å². The van der Waals surface area contributed by atoms with E-state index >= 15 is 0 Å². The Morgan fingerprint density at radius 1 is 1.18 bits per heavy atom. The van der Waals surface area contributed by atoms with Gasteiger partial charge < -0.3 is 10.6 Å². The van der Waals surface area contributed by atoms with Crippen LogP contribution < -0.4 is 10.6 Å². The largest absolute Gasteiger partial charge is 0.356 e. The predicted octanol–water partition coefficient (Wildman–Crippen LogP) is 2.88. The topological polar surface area (TPSA) is 54.2 Å². The van der Waals surface area contributed by atoms with E-state index in [-0.39, 0.29) is 0 Å². The number of hydrogen-bond donors (Lipinski definition) is 2. The monoisotopic (exact) mass is 307 g/mol. The van der Waals surface area contributed by atoms with Crippen molar-refractivity contribution in [2.75, 3.05) is 20.1 Å². The molecule has 0 fully saturated rings. The molecule has 0 spiro atoms. The van der Waals surface area contributed by atoms with E-state index in [0.717, 1.165) is 43.6 Å². The highest BCUT2D eigenvalue weighted by atomic mass is 15.3. The quantitative estimate of drug-likeness (QED) is 0.419. The summed E-state index contributed by atoms with van der Waals surface area (Å²) in [4.78, 5) is 4.26. The third-order valence-corrected chi connectivity index (χ3v) is 3.67. The van der Waals surface area contributed by atoms with Gasteiger partial charge in [0.1, 0.15) is 0 Å². The van der Waals surface area contributed by atoms with Gasteiger partial charge in [-0.15, -0.1) is 0 Å². The second-order valence-corrected chi connectivity index (χ2v) is 6.32. The van der Waals surface area contributed by atoms with Crippen molar-refractivity contribution in [3.8, 4) is 0 Å². The summed E-state index contributed by atoms with van der Waals surface area (Å²) in [5.41, 5.74) is 2.31. The molecule has 126 valence electrons. The average Bonchev–Trinajstić information content (AvgIpc) is 2.78. The number of unbranched alkanes of at least 4 members (excludes halogenated alkanes) is 1. The normalized spacial score (nSPS) is 12.0. The number of nitrogens with one attached hydrogen (secondary N) is 2. The van der Waals surface area contributed by atoms with Crippen LogP contribution in [0.15, 0.2) is 11.1 Å². The SMILES string of the molecule is CN=C(NCCCCC(C)C)NCCCn1nc(C)cc1C. The van der Waals surface area contributed by atoms with Crippen molar-refractivity contribution < 1.29 is 0 Å². The molecule has 0 saturated carbocycles. The molecule has 0 aliphatic rings. The third-order valence-electron chi connectivity index (χ3n) is 3.67.